The van der Waals surface area contributed by atoms with Crippen LogP contribution in [0.2, 0.25) is 0 Å². The summed E-state index contributed by atoms with van der Waals surface area (Å²) in [6.07, 6.45) is 3.95. The standard InChI is InChI=1S/C15H23N3O2S/c1-14(2)9-4-6-15(14,3)11(8-9)17-18-13-16-12(20)10(21-13)5-7-19/h9-10,19H,4-8H2,1-3H3,(H,16,18,20). The molecule has 3 rings (SSSR count). The monoisotopic (exact) mass is 309 g/mol. The number of fused-ring (bicyclic) bond motifs is 2. The molecule has 1 heterocycles. The number of hydrogen-bond acceptors (Lipinski definition) is 5. The van der Waals surface area contributed by atoms with Gasteiger partial charge in [0.1, 0.15) is 0 Å². The first-order valence-electron chi connectivity index (χ1n) is 7.62. The van der Waals surface area contributed by atoms with E-state index in [9.17, 15) is 4.79 Å². The molecule has 3 aliphatic rings. The summed E-state index contributed by atoms with van der Waals surface area (Å²) in [5.74, 6) is 0.627. The molecule has 2 saturated carbocycles. The van der Waals surface area contributed by atoms with Gasteiger partial charge in [-0.2, -0.15) is 5.10 Å². The van der Waals surface area contributed by atoms with Gasteiger partial charge in [0, 0.05) is 17.7 Å². The first kappa shape index (κ1) is 15.0. The highest BCUT2D eigenvalue weighted by Gasteiger charge is 2.60. The van der Waals surface area contributed by atoms with Crippen LogP contribution in [0.25, 0.3) is 0 Å². The molecule has 2 N–H and O–H groups in total. The third kappa shape index (κ3) is 2.23. The lowest BCUT2D eigenvalue weighted by molar-refractivity contribution is -0.119. The van der Waals surface area contributed by atoms with Gasteiger partial charge in [-0.25, -0.2) is 0 Å². The molecule has 2 aliphatic carbocycles. The topological polar surface area (TPSA) is 74.0 Å². The van der Waals surface area contributed by atoms with Crippen molar-refractivity contribution in [3.05, 3.63) is 0 Å². The summed E-state index contributed by atoms with van der Waals surface area (Å²) in [4.78, 5) is 11.7. The minimum Gasteiger partial charge on any atom is -0.396 e. The van der Waals surface area contributed by atoms with E-state index in [0.717, 1.165) is 6.42 Å². The molecule has 0 spiro atoms. The fraction of sp³-hybridized carbons (Fsp3) is 0.800. The second-order valence-electron chi connectivity index (χ2n) is 7.05. The quantitative estimate of drug-likeness (QED) is 0.785. The van der Waals surface area contributed by atoms with Crippen molar-refractivity contribution in [3.8, 4) is 0 Å². The van der Waals surface area contributed by atoms with E-state index < -0.39 is 0 Å². The van der Waals surface area contributed by atoms with Crippen molar-refractivity contribution in [2.45, 2.75) is 51.7 Å². The highest BCUT2D eigenvalue weighted by atomic mass is 32.2. The Kier molecular flexibility index (Phi) is 3.64. The van der Waals surface area contributed by atoms with Crippen molar-refractivity contribution in [1.29, 1.82) is 0 Å². The Hall–Kier alpha value is -0.880. The lowest BCUT2D eigenvalue weighted by Crippen LogP contribution is -2.32. The molecule has 3 fully saturated rings. The number of thioether (sulfide) groups is 1. The van der Waals surface area contributed by atoms with E-state index in [1.807, 2.05) is 0 Å². The number of amidine groups is 1. The maximum Gasteiger partial charge on any atom is 0.239 e. The molecule has 1 aliphatic heterocycles. The summed E-state index contributed by atoms with van der Waals surface area (Å²) in [5, 5.41) is 20.8. The van der Waals surface area contributed by atoms with Crippen molar-refractivity contribution in [1.82, 2.24) is 5.32 Å². The SMILES string of the molecule is CC12CCC(CC1=N/N=C1\NC(=O)C(CCO)S1)C2(C)C. The van der Waals surface area contributed by atoms with Crippen LogP contribution in [0.4, 0.5) is 0 Å². The van der Waals surface area contributed by atoms with E-state index in [1.165, 1.54) is 30.3 Å². The Balaban J connectivity index is 1.76. The number of aliphatic hydroxyl groups excluding tert-OH is 1. The van der Waals surface area contributed by atoms with Crippen LogP contribution in [0.5, 0.6) is 0 Å². The summed E-state index contributed by atoms with van der Waals surface area (Å²) in [6, 6.07) is 0. The van der Waals surface area contributed by atoms with Crippen molar-refractivity contribution in [2.24, 2.45) is 27.0 Å². The second-order valence-corrected chi connectivity index (χ2v) is 8.24. The van der Waals surface area contributed by atoms with Crippen LogP contribution in [-0.2, 0) is 4.79 Å². The molecule has 6 heteroatoms. The van der Waals surface area contributed by atoms with Crippen LogP contribution >= 0.6 is 11.8 Å². The Bertz CT molecular complexity index is 529. The number of nitrogens with zero attached hydrogens (tertiary/aromatic N) is 2. The lowest BCUT2D eigenvalue weighted by atomic mass is 9.70. The normalized spacial score (nSPS) is 41.2. The number of nitrogens with one attached hydrogen (secondary N) is 1. The van der Waals surface area contributed by atoms with Gasteiger partial charge in [-0.05, 0) is 37.0 Å². The van der Waals surface area contributed by atoms with Gasteiger partial charge in [0.15, 0.2) is 5.17 Å². The van der Waals surface area contributed by atoms with E-state index in [2.05, 4.69) is 36.3 Å². The van der Waals surface area contributed by atoms with Crippen molar-refractivity contribution in [2.75, 3.05) is 6.61 Å². The molecular formula is C15H23N3O2S. The van der Waals surface area contributed by atoms with E-state index >= 15 is 0 Å². The molecule has 0 aromatic heterocycles. The van der Waals surface area contributed by atoms with Gasteiger partial charge in [0.25, 0.3) is 0 Å². The van der Waals surface area contributed by atoms with Gasteiger partial charge in [-0.3, -0.25) is 4.79 Å². The molecule has 1 saturated heterocycles. The predicted molar refractivity (Wildman–Crippen MR) is 85.3 cm³/mol. The van der Waals surface area contributed by atoms with Crippen LogP contribution in [0.15, 0.2) is 10.2 Å². The average molecular weight is 309 g/mol. The zero-order chi connectivity index (χ0) is 15.3. The van der Waals surface area contributed by atoms with Gasteiger partial charge < -0.3 is 10.4 Å². The average Bonchev–Trinajstić information content (AvgIpc) is 2.94. The zero-order valence-electron chi connectivity index (χ0n) is 12.8. The van der Waals surface area contributed by atoms with Crippen molar-refractivity contribution < 1.29 is 9.90 Å². The van der Waals surface area contributed by atoms with Crippen molar-refractivity contribution in [3.63, 3.8) is 0 Å². The molecule has 3 unspecified atom stereocenters. The van der Waals surface area contributed by atoms with E-state index in [1.54, 1.807) is 0 Å². The maximum absolute atomic E-state index is 11.7. The number of carbonyl (C=O) groups excluding carboxylic acids is 1. The van der Waals surface area contributed by atoms with Gasteiger partial charge in [-0.15, -0.1) is 5.10 Å². The summed E-state index contributed by atoms with van der Waals surface area (Å²) >= 11 is 1.37. The second kappa shape index (κ2) is 5.09. The number of hydrogen-bond donors (Lipinski definition) is 2. The molecule has 0 radical (unpaired) electrons. The zero-order valence-corrected chi connectivity index (χ0v) is 13.7. The maximum atomic E-state index is 11.7. The highest BCUT2D eigenvalue weighted by Crippen LogP contribution is 2.64. The summed E-state index contributed by atoms with van der Waals surface area (Å²) < 4.78 is 0. The molecule has 21 heavy (non-hydrogen) atoms. The van der Waals surface area contributed by atoms with Gasteiger partial charge >= 0.3 is 0 Å². The summed E-state index contributed by atoms with van der Waals surface area (Å²) in [7, 11) is 0. The molecule has 0 aromatic rings. The van der Waals surface area contributed by atoms with Gasteiger partial charge in [0.05, 0.1) is 5.25 Å². The largest absolute Gasteiger partial charge is 0.396 e. The molecule has 0 aromatic carbocycles. The van der Waals surface area contributed by atoms with E-state index in [4.69, 9.17) is 5.11 Å². The molecular weight excluding hydrogens is 286 g/mol. The van der Waals surface area contributed by atoms with Gasteiger partial charge in [-0.1, -0.05) is 32.5 Å². The van der Waals surface area contributed by atoms with Crippen LogP contribution in [-0.4, -0.2) is 33.7 Å². The van der Waals surface area contributed by atoms with Crippen LogP contribution in [0.3, 0.4) is 0 Å². The number of carbonyl (C=O) groups is 1. The summed E-state index contributed by atoms with van der Waals surface area (Å²) in [6.45, 7) is 6.99. The molecule has 116 valence electrons. The Labute approximate surface area is 129 Å². The minimum absolute atomic E-state index is 0.0147. The van der Waals surface area contributed by atoms with E-state index in [-0.39, 0.29) is 28.6 Å². The number of amides is 1. The van der Waals surface area contributed by atoms with Crippen LogP contribution in [0.1, 0.15) is 46.5 Å². The Morgan fingerprint density at radius 2 is 2.14 bits per heavy atom. The van der Waals surface area contributed by atoms with Crippen molar-refractivity contribution >= 4 is 28.5 Å². The Morgan fingerprint density at radius 1 is 1.38 bits per heavy atom. The number of aliphatic hydroxyl groups is 1. The molecule has 2 bridgehead atoms. The molecule has 3 atom stereocenters. The fourth-order valence-corrected chi connectivity index (χ4v) is 4.85. The lowest BCUT2D eigenvalue weighted by Gasteiger charge is -2.34. The molecule has 1 amide bonds. The third-order valence-electron chi connectivity index (χ3n) is 5.94. The summed E-state index contributed by atoms with van der Waals surface area (Å²) in [5.41, 5.74) is 1.61. The first-order valence-corrected chi connectivity index (χ1v) is 8.50. The van der Waals surface area contributed by atoms with Crippen LogP contribution in [0, 0.1) is 16.7 Å². The minimum atomic E-state index is -0.235. The fourth-order valence-electron chi connectivity index (χ4n) is 3.94. The molecule has 5 nitrogen and oxygen atoms in total. The first-order chi connectivity index (χ1) is 9.88. The Morgan fingerprint density at radius 3 is 2.71 bits per heavy atom. The van der Waals surface area contributed by atoms with E-state index in [0.29, 0.717) is 17.5 Å². The smallest absolute Gasteiger partial charge is 0.239 e. The third-order valence-corrected chi connectivity index (χ3v) is 7.08. The van der Waals surface area contributed by atoms with Crippen LogP contribution < -0.4 is 5.32 Å². The van der Waals surface area contributed by atoms with Gasteiger partial charge in [0.2, 0.25) is 5.91 Å². The number of rotatable bonds is 3. The highest BCUT2D eigenvalue weighted by molar-refractivity contribution is 8.15. The predicted octanol–water partition coefficient (Wildman–Crippen LogP) is 2.16.